The van der Waals surface area contributed by atoms with Gasteiger partial charge in [0.15, 0.2) is 5.69 Å². The maximum Gasteiger partial charge on any atom is 0.158 e. The van der Waals surface area contributed by atoms with Crippen molar-refractivity contribution in [3.05, 3.63) is 18.1 Å². The van der Waals surface area contributed by atoms with Crippen LogP contribution in [-0.2, 0) is 4.74 Å². The quantitative estimate of drug-likeness (QED) is 0.734. The van der Waals surface area contributed by atoms with Crippen LogP contribution in [0.4, 0.5) is 5.82 Å². The summed E-state index contributed by atoms with van der Waals surface area (Å²) in [7, 11) is 3.73. The molecule has 1 N–H and O–H groups in total. The molecule has 1 aromatic heterocycles. The molecule has 0 aromatic carbocycles. The number of hydrogen-bond acceptors (Lipinski definition) is 6. The van der Waals surface area contributed by atoms with Gasteiger partial charge in [0.1, 0.15) is 11.9 Å². The highest BCUT2D eigenvalue weighted by Gasteiger charge is 1.99. The Morgan fingerprint density at radius 2 is 2.24 bits per heavy atom. The summed E-state index contributed by atoms with van der Waals surface area (Å²) in [5.74, 6) is 0.684. The van der Waals surface area contributed by atoms with Gasteiger partial charge in [-0.3, -0.25) is 0 Å². The second-order valence-electron chi connectivity index (χ2n) is 3.62. The maximum absolute atomic E-state index is 8.57. The van der Waals surface area contributed by atoms with Gasteiger partial charge in [-0.1, -0.05) is 0 Å². The van der Waals surface area contributed by atoms with E-state index in [1.807, 2.05) is 13.1 Å². The van der Waals surface area contributed by atoms with E-state index in [-0.39, 0.29) is 0 Å². The highest BCUT2D eigenvalue weighted by atomic mass is 16.5. The van der Waals surface area contributed by atoms with E-state index in [2.05, 4.69) is 20.2 Å². The Morgan fingerprint density at radius 3 is 2.82 bits per heavy atom. The van der Waals surface area contributed by atoms with Crippen LogP contribution in [0.25, 0.3) is 0 Å². The second-order valence-corrected chi connectivity index (χ2v) is 3.62. The third kappa shape index (κ3) is 5.24. The van der Waals surface area contributed by atoms with E-state index in [1.54, 1.807) is 13.3 Å². The number of hydrogen-bond donors (Lipinski definition) is 1. The summed E-state index contributed by atoms with van der Waals surface area (Å²) in [4.78, 5) is 10.2. The Kier molecular flexibility index (Phi) is 5.93. The van der Waals surface area contributed by atoms with E-state index in [0.717, 1.165) is 26.2 Å². The fourth-order valence-electron chi connectivity index (χ4n) is 1.21. The number of ether oxygens (including phenoxy) is 1. The Bertz CT molecular complexity index is 359. The van der Waals surface area contributed by atoms with E-state index in [4.69, 9.17) is 10.00 Å². The summed E-state index contributed by atoms with van der Waals surface area (Å²) >= 11 is 0. The van der Waals surface area contributed by atoms with Gasteiger partial charge in [0, 0.05) is 26.7 Å². The first-order valence-electron chi connectivity index (χ1n) is 5.39. The molecule has 6 heteroatoms. The first-order chi connectivity index (χ1) is 8.26. The highest BCUT2D eigenvalue weighted by Crippen LogP contribution is 1.99. The molecular formula is C11H17N5O. The minimum absolute atomic E-state index is 0.327. The Morgan fingerprint density at radius 1 is 1.41 bits per heavy atom. The van der Waals surface area contributed by atoms with Gasteiger partial charge in [-0.15, -0.1) is 0 Å². The predicted molar refractivity (Wildman–Crippen MR) is 64.6 cm³/mol. The van der Waals surface area contributed by atoms with Crippen LogP contribution in [-0.4, -0.2) is 55.3 Å². The average molecular weight is 235 g/mol. The molecule has 1 heterocycles. The molecule has 0 spiro atoms. The molecule has 1 aromatic rings. The molecule has 0 radical (unpaired) electrons. The zero-order valence-corrected chi connectivity index (χ0v) is 10.2. The van der Waals surface area contributed by atoms with E-state index >= 15 is 0 Å². The van der Waals surface area contributed by atoms with Gasteiger partial charge in [-0.2, -0.15) is 5.26 Å². The molecule has 0 amide bonds. The number of rotatable bonds is 7. The van der Waals surface area contributed by atoms with Crippen molar-refractivity contribution in [3.8, 4) is 6.07 Å². The van der Waals surface area contributed by atoms with Crippen LogP contribution in [0.3, 0.4) is 0 Å². The molecule has 0 fully saturated rings. The number of nitriles is 1. The van der Waals surface area contributed by atoms with Crippen LogP contribution in [0, 0.1) is 11.3 Å². The van der Waals surface area contributed by atoms with Crippen LogP contribution >= 0.6 is 0 Å². The molecular weight excluding hydrogens is 218 g/mol. The van der Waals surface area contributed by atoms with Gasteiger partial charge in [-0.05, 0) is 7.05 Å². The Balaban J connectivity index is 2.24. The lowest BCUT2D eigenvalue weighted by Gasteiger charge is -2.16. The molecule has 0 bridgehead atoms. The molecule has 0 saturated heterocycles. The van der Waals surface area contributed by atoms with Crippen molar-refractivity contribution < 1.29 is 4.74 Å². The van der Waals surface area contributed by atoms with Crippen molar-refractivity contribution in [2.75, 3.05) is 45.7 Å². The number of nitrogens with zero attached hydrogens (tertiary/aromatic N) is 4. The molecule has 6 nitrogen and oxygen atoms in total. The van der Waals surface area contributed by atoms with Crippen LogP contribution in [0.1, 0.15) is 5.69 Å². The maximum atomic E-state index is 8.57. The Labute approximate surface area is 101 Å². The molecule has 0 unspecified atom stereocenters. The first-order valence-corrected chi connectivity index (χ1v) is 5.39. The zero-order valence-electron chi connectivity index (χ0n) is 10.2. The lowest BCUT2D eigenvalue weighted by atomic mass is 10.5. The number of nitrogens with one attached hydrogen (secondary N) is 1. The van der Waals surface area contributed by atoms with Gasteiger partial charge in [0.2, 0.25) is 0 Å². The second kappa shape index (κ2) is 7.54. The highest BCUT2D eigenvalue weighted by molar-refractivity contribution is 5.32. The lowest BCUT2D eigenvalue weighted by molar-refractivity contribution is 0.163. The van der Waals surface area contributed by atoms with E-state index in [1.165, 1.54) is 6.20 Å². The Hall–Kier alpha value is -1.71. The molecule has 0 saturated carbocycles. The minimum atomic E-state index is 0.327. The van der Waals surface area contributed by atoms with Crippen molar-refractivity contribution in [2.24, 2.45) is 0 Å². The number of methoxy groups -OCH3 is 1. The van der Waals surface area contributed by atoms with Gasteiger partial charge in [0.05, 0.1) is 19.0 Å². The zero-order chi connectivity index (χ0) is 12.5. The summed E-state index contributed by atoms with van der Waals surface area (Å²) in [6.45, 7) is 3.30. The van der Waals surface area contributed by atoms with Crippen molar-refractivity contribution in [3.63, 3.8) is 0 Å². The predicted octanol–water partition coefficient (Wildman–Crippen LogP) is 0.338. The topological polar surface area (TPSA) is 74.1 Å². The standard InChI is InChI=1S/C11H17N5O/c1-16(5-6-17-2)4-3-13-11-9-14-10(7-12)8-15-11/h8-9H,3-6H2,1-2H3,(H,13,15). The fraction of sp³-hybridized carbons (Fsp3) is 0.545. The van der Waals surface area contributed by atoms with Crippen LogP contribution in [0.15, 0.2) is 12.4 Å². The summed E-state index contributed by atoms with van der Waals surface area (Å²) < 4.78 is 4.99. The third-order valence-corrected chi connectivity index (χ3v) is 2.24. The lowest BCUT2D eigenvalue weighted by Crippen LogP contribution is -2.28. The number of aromatic nitrogens is 2. The minimum Gasteiger partial charge on any atom is -0.383 e. The van der Waals surface area contributed by atoms with Crippen molar-refractivity contribution in [1.29, 1.82) is 5.26 Å². The van der Waals surface area contributed by atoms with Gasteiger partial charge < -0.3 is 15.0 Å². The summed E-state index contributed by atoms with van der Waals surface area (Å²) in [5, 5.41) is 11.7. The number of likely N-dealkylation sites (N-methyl/N-ethyl adjacent to an activating group) is 1. The SMILES string of the molecule is COCCN(C)CCNc1cnc(C#N)cn1. The normalized spacial score (nSPS) is 10.2. The van der Waals surface area contributed by atoms with Gasteiger partial charge >= 0.3 is 0 Å². The van der Waals surface area contributed by atoms with E-state index in [9.17, 15) is 0 Å². The molecule has 0 atom stereocenters. The largest absolute Gasteiger partial charge is 0.383 e. The molecule has 0 aliphatic rings. The molecule has 92 valence electrons. The molecule has 1 rings (SSSR count). The van der Waals surface area contributed by atoms with Gasteiger partial charge in [0.25, 0.3) is 0 Å². The van der Waals surface area contributed by atoms with Crippen molar-refractivity contribution >= 4 is 5.82 Å². The van der Waals surface area contributed by atoms with Crippen LogP contribution < -0.4 is 5.32 Å². The van der Waals surface area contributed by atoms with Crippen LogP contribution in [0.5, 0.6) is 0 Å². The first kappa shape index (κ1) is 13.4. The summed E-state index contributed by atoms with van der Waals surface area (Å²) in [6.07, 6.45) is 3.02. The van der Waals surface area contributed by atoms with Crippen molar-refractivity contribution in [1.82, 2.24) is 14.9 Å². The third-order valence-electron chi connectivity index (χ3n) is 2.24. The molecule has 0 aliphatic carbocycles. The molecule has 0 aliphatic heterocycles. The van der Waals surface area contributed by atoms with Crippen LogP contribution in [0.2, 0.25) is 0 Å². The van der Waals surface area contributed by atoms with Gasteiger partial charge in [-0.25, -0.2) is 9.97 Å². The average Bonchev–Trinajstić information content (AvgIpc) is 2.37. The summed E-state index contributed by atoms with van der Waals surface area (Å²) in [5.41, 5.74) is 0.327. The molecule has 17 heavy (non-hydrogen) atoms. The number of anilines is 1. The van der Waals surface area contributed by atoms with Crippen molar-refractivity contribution in [2.45, 2.75) is 0 Å². The van der Waals surface area contributed by atoms with E-state index < -0.39 is 0 Å². The smallest absolute Gasteiger partial charge is 0.158 e. The summed E-state index contributed by atoms with van der Waals surface area (Å²) in [6, 6.07) is 1.93. The van der Waals surface area contributed by atoms with E-state index in [0.29, 0.717) is 11.5 Å². The fourth-order valence-corrected chi connectivity index (χ4v) is 1.21. The monoisotopic (exact) mass is 235 g/mol.